The first-order valence-electron chi connectivity index (χ1n) is 7.55. The number of methoxy groups -OCH3 is 1. The van der Waals surface area contributed by atoms with Crippen LogP contribution in [0.25, 0.3) is 0 Å². The Morgan fingerprint density at radius 1 is 1.19 bits per heavy atom. The zero-order valence-electron chi connectivity index (χ0n) is 13.7. The van der Waals surface area contributed by atoms with E-state index in [0.29, 0.717) is 12.1 Å². The summed E-state index contributed by atoms with van der Waals surface area (Å²) < 4.78 is 82.8. The number of esters is 1. The molecule has 144 valence electrons. The summed E-state index contributed by atoms with van der Waals surface area (Å²) in [7, 11) is 1.08. The highest BCUT2D eigenvalue weighted by molar-refractivity contribution is 5.88. The van der Waals surface area contributed by atoms with Gasteiger partial charge in [-0.15, -0.1) is 0 Å². The summed E-state index contributed by atoms with van der Waals surface area (Å²) in [4.78, 5) is 24.8. The average molecular weight is 383 g/mol. The molecule has 1 aliphatic rings. The number of benzene rings is 1. The summed E-state index contributed by atoms with van der Waals surface area (Å²) in [5, 5.41) is 0. The molecule has 1 heterocycles. The quantitative estimate of drug-likeness (QED) is 0.587. The number of carbonyl (C=O) groups excluding carboxylic acids is 2. The third-order valence-corrected chi connectivity index (χ3v) is 4.28. The highest BCUT2D eigenvalue weighted by Crippen LogP contribution is 2.41. The molecular weight excluding hydrogens is 368 g/mol. The molecule has 0 saturated carbocycles. The maximum atomic E-state index is 13.3. The Kier molecular flexibility index (Phi) is 5.25. The molecule has 10 heteroatoms. The summed E-state index contributed by atoms with van der Waals surface area (Å²) in [6.45, 7) is 1.23. The number of hydrogen-bond donors (Lipinski definition) is 0. The minimum absolute atomic E-state index is 0.0134. The molecule has 1 aromatic carbocycles. The van der Waals surface area contributed by atoms with Crippen molar-refractivity contribution >= 4 is 11.9 Å². The van der Waals surface area contributed by atoms with E-state index in [2.05, 4.69) is 4.74 Å². The first kappa shape index (κ1) is 20.1. The van der Waals surface area contributed by atoms with Crippen molar-refractivity contribution in [3.05, 3.63) is 34.9 Å². The SMILES string of the molecule is COC(=O)C1CCC(=O)N1C(C)c1ccc(C(F)(F)F)cc1C(F)(F)F. The number of rotatable bonds is 3. The first-order valence-corrected chi connectivity index (χ1v) is 7.55. The van der Waals surface area contributed by atoms with Gasteiger partial charge in [-0.1, -0.05) is 6.07 Å². The molecule has 0 aliphatic carbocycles. The van der Waals surface area contributed by atoms with E-state index in [4.69, 9.17) is 0 Å². The molecule has 26 heavy (non-hydrogen) atoms. The molecule has 0 radical (unpaired) electrons. The second-order valence-corrected chi connectivity index (χ2v) is 5.85. The fraction of sp³-hybridized carbons (Fsp3) is 0.500. The van der Waals surface area contributed by atoms with E-state index in [1.54, 1.807) is 0 Å². The minimum Gasteiger partial charge on any atom is -0.467 e. The topological polar surface area (TPSA) is 46.6 Å². The Bertz CT molecular complexity index is 713. The van der Waals surface area contributed by atoms with E-state index in [9.17, 15) is 35.9 Å². The second kappa shape index (κ2) is 6.81. The molecule has 2 unspecified atom stereocenters. The van der Waals surface area contributed by atoms with Gasteiger partial charge < -0.3 is 9.64 Å². The first-order chi connectivity index (χ1) is 11.9. The lowest BCUT2D eigenvalue weighted by atomic mass is 9.96. The fourth-order valence-electron chi connectivity index (χ4n) is 3.05. The van der Waals surface area contributed by atoms with Crippen LogP contribution in [0.4, 0.5) is 26.3 Å². The monoisotopic (exact) mass is 383 g/mol. The van der Waals surface area contributed by atoms with Crippen LogP contribution in [0.2, 0.25) is 0 Å². The highest BCUT2D eigenvalue weighted by atomic mass is 19.4. The molecule has 2 rings (SSSR count). The van der Waals surface area contributed by atoms with E-state index in [0.717, 1.165) is 12.0 Å². The van der Waals surface area contributed by atoms with Gasteiger partial charge in [0.25, 0.3) is 0 Å². The van der Waals surface area contributed by atoms with Crippen LogP contribution in [-0.4, -0.2) is 29.9 Å². The Morgan fingerprint density at radius 2 is 1.81 bits per heavy atom. The number of amides is 1. The molecule has 1 fully saturated rings. The molecule has 1 aliphatic heterocycles. The zero-order valence-corrected chi connectivity index (χ0v) is 13.7. The molecule has 0 spiro atoms. The van der Waals surface area contributed by atoms with Gasteiger partial charge in [0.15, 0.2) is 0 Å². The Hall–Kier alpha value is -2.26. The van der Waals surface area contributed by atoms with Crippen LogP contribution in [0.5, 0.6) is 0 Å². The maximum absolute atomic E-state index is 13.3. The number of halogens is 6. The predicted molar refractivity (Wildman–Crippen MR) is 76.7 cm³/mol. The number of likely N-dealkylation sites (tertiary alicyclic amines) is 1. The van der Waals surface area contributed by atoms with Crippen LogP contribution in [0.3, 0.4) is 0 Å². The Labute approximate surface area is 144 Å². The smallest absolute Gasteiger partial charge is 0.416 e. The van der Waals surface area contributed by atoms with Gasteiger partial charge in [0.05, 0.1) is 24.3 Å². The second-order valence-electron chi connectivity index (χ2n) is 5.85. The van der Waals surface area contributed by atoms with Gasteiger partial charge in [-0.3, -0.25) is 4.79 Å². The van der Waals surface area contributed by atoms with Crippen molar-refractivity contribution in [2.24, 2.45) is 0 Å². The van der Waals surface area contributed by atoms with Gasteiger partial charge in [-0.05, 0) is 31.0 Å². The number of alkyl halides is 6. The molecule has 0 N–H and O–H groups in total. The standard InChI is InChI=1S/C16H15F6NO3/c1-8(23-12(14(25)26-2)5-6-13(23)24)10-4-3-9(15(17,18)19)7-11(10)16(20,21)22/h3-4,7-8,12H,5-6H2,1-2H3. The van der Waals surface area contributed by atoms with Crippen LogP contribution in [0.15, 0.2) is 18.2 Å². The van der Waals surface area contributed by atoms with Crippen molar-refractivity contribution < 1.29 is 40.7 Å². The summed E-state index contributed by atoms with van der Waals surface area (Å²) >= 11 is 0. The third kappa shape index (κ3) is 3.78. The number of ether oxygens (including phenoxy) is 1. The molecule has 1 saturated heterocycles. The lowest BCUT2D eigenvalue weighted by molar-refractivity contribution is -0.151. The maximum Gasteiger partial charge on any atom is 0.416 e. The summed E-state index contributed by atoms with van der Waals surface area (Å²) in [5.41, 5.74) is -3.46. The van der Waals surface area contributed by atoms with Crippen LogP contribution >= 0.6 is 0 Å². The lowest BCUT2D eigenvalue weighted by Gasteiger charge is -2.31. The molecule has 0 aromatic heterocycles. The third-order valence-electron chi connectivity index (χ3n) is 4.28. The van der Waals surface area contributed by atoms with Gasteiger partial charge in [-0.2, -0.15) is 26.3 Å². The van der Waals surface area contributed by atoms with Crippen molar-refractivity contribution in [2.75, 3.05) is 7.11 Å². The van der Waals surface area contributed by atoms with Crippen molar-refractivity contribution in [3.8, 4) is 0 Å². The molecular formula is C16H15F6NO3. The van der Waals surface area contributed by atoms with Gasteiger partial charge in [0.2, 0.25) is 5.91 Å². The Morgan fingerprint density at radius 3 is 2.31 bits per heavy atom. The summed E-state index contributed by atoms with van der Waals surface area (Å²) in [5.74, 6) is -1.36. The Balaban J connectivity index is 2.52. The van der Waals surface area contributed by atoms with Crippen LogP contribution in [-0.2, 0) is 26.7 Å². The number of nitrogens with zero attached hydrogens (tertiary/aromatic N) is 1. The molecule has 4 nitrogen and oxygen atoms in total. The highest BCUT2D eigenvalue weighted by Gasteiger charge is 2.44. The van der Waals surface area contributed by atoms with Crippen LogP contribution < -0.4 is 0 Å². The lowest BCUT2D eigenvalue weighted by Crippen LogP contribution is -2.41. The van der Waals surface area contributed by atoms with Crippen molar-refractivity contribution in [2.45, 2.75) is 44.2 Å². The van der Waals surface area contributed by atoms with E-state index in [1.807, 2.05) is 0 Å². The van der Waals surface area contributed by atoms with E-state index in [1.165, 1.54) is 6.92 Å². The van der Waals surface area contributed by atoms with Gasteiger partial charge in [0, 0.05) is 6.42 Å². The number of hydrogen-bond acceptors (Lipinski definition) is 3. The van der Waals surface area contributed by atoms with E-state index in [-0.39, 0.29) is 18.9 Å². The normalized spacial score (nSPS) is 19.6. The van der Waals surface area contributed by atoms with Crippen molar-refractivity contribution in [1.29, 1.82) is 0 Å². The zero-order chi connectivity index (χ0) is 19.9. The number of carbonyl (C=O) groups is 2. The molecule has 0 bridgehead atoms. The molecule has 1 amide bonds. The minimum atomic E-state index is -5.06. The van der Waals surface area contributed by atoms with Crippen molar-refractivity contribution in [3.63, 3.8) is 0 Å². The fourth-order valence-corrected chi connectivity index (χ4v) is 3.05. The van der Waals surface area contributed by atoms with E-state index >= 15 is 0 Å². The molecule has 1 aromatic rings. The van der Waals surface area contributed by atoms with E-state index < -0.39 is 53.0 Å². The van der Waals surface area contributed by atoms with Crippen molar-refractivity contribution in [1.82, 2.24) is 4.90 Å². The predicted octanol–water partition coefficient (Wildman–Crippen LogP) is 3.95. The average Bonchev–Trinajstić information content (AvgIpc) is 2.92. The van der Waals surface area contributed by atoms with Gasteiger partial charge in [-0.25, -0.2) is 4.79 Å². The van der Waals surface area contributed by atoms with Crippen LogP contribution in [0, 0.1) is 0 Å². The largest absolute Gasteiger partial charge is 0.467 e. The van der Waals surface area contributed by atoms with Gasteiger partial charge in [0.1, 0.15) is 6.04 Å². The molecule has 2 atom stereocenters. The van der Waals surface area contributed by atoms with Gasteiger partial charge >= 0.3 is 18.3 Å². The summed E-state index contributed by atoms with van der Waals surface area (Å²) in [6.07, 6.45) is -10.0. The van der Waals surface area contributed by atoms with Crippen LogP contribution in [0.1, 0.15) is 42.5 Å². The summed E-state index contributed by atoms with van der Waals surface area (Å²) in [6, 6.07) is -1.11.